The summed E-state index contributed by atoms with van der Waals surface area (Å²) in [5.41, 5.74) is 3.45. The topological polar surface area (TPSA) is 105 Å². The quantitative estimate of drug-likeness (QED) is 0.0596. The van der Waals surface area contributed by atoms with E-state index in [1.54, 1.807) is 38.2 Å². The molecule has 0 fully saturated rings. The highest BCUT2D eigenvalue weighted by atomic mass is 16.5. The van der Waals surface area contributed by atoms with Gasteiger partial charge in [-0.1, -0.05) is 87.1 Å². The molecule has 2 aromatic carbocycles. The van der Waals surface area contributed by atoms with E-state index in [2.05, 4.69) is 0 Å². The van der Waals surface area contributed by atoms with Crippen molar-refractivity contribution in [1.29, 1.82) is 0 Å². The lowest BCUT2D eigenvalue weighted by Crippen LogP contribution is -2.02. The van der Waals surface area contributed by atoms with Crippen molar-refractivity contribution in [2.24, 2.45) is 0 Å². The summed E-state index contributed by atoms with van der Waals surface area (Å²) in [6.45, 7) is 5.01. The zero-order valence-corrected chi connectivity index (χ0v) is 27.0. The minimum absolute atomic E-state index is 0.341. The molecule has 0 spiro atoms. The van der Waals surface area contributed by atoms with E-state index in [0.29, 0.717) is 26.4 Å². The van der Waals surface area contributed by atoms with Gasteiger partial charge in [0.25, 0.3) is 0 Å². The van der Waals surface area contributed by atoms with Crippen molar-refractivity contribution in [2.45, 2.75) is 65.2 Å². The first-order chi connectivity index (χ1) is 22.4. The maximum Gasteiger partial charge on any atom is 0.330 e. The van der Waals surface area contributed by atoms with Gasteiger partial charge >= 0.3 is 23.9 Å². The molecule has 2 rings (SSSR count). The zero-order valence-electron chi connectivity index (χ0n) is 27.0. The monoisotopic (exact) mass is 630 g/mol. The molecule has 0 aliphatic heterocycles. The van der Waals surface area contributed by atoms with Gasteiger partial charge in [0, 0.05) is 24.3 Å². The maximum absolute atomic E-state index is 12.0. The van der Waals surface area contributed by atoms with Gasteiger partial charge in [-0.15, -0.1) is 0 Å². The van der Waals surface area contributed by atoms with Crippen LogP contribution in [0.1, 0.15) is 87.5 Å². The molecule has 46 heavy (non-hydrogen) atoms. The number of ether oxygens (including phenoxy) is 4. The number of benzene rings is 2. The van der Waals surface area contributed by atoms with Crippen molar-refractivity contribution >= 4 is 48.2 Å². The molecule has 0 aliphatic carbocycles. The van der Waals surface area contributed by atoms with Gasteiger partial charge in [-0.05, 0) is 73.2 Å². The second-order valence-electron chi connectivity index (χ2n) is 10.3. The minimum atomic E-state index is -0.378. The summed E-state index contributed by atoms with van der Waals surface area (Å²) in [6.07, 6.45) is 20.5. The van der Waals surface area contributed by atoms with Gasteiger partial charge in [-0.3, -0.25) is 0 Å². The van der Waals surface area contributed by atoms with Gasteiger partial charge in [0.05, 0.1) is 26.4 Å². The van der Waals surface area contributed by atoms with E-state index >= 15 is 0 Å². The van der Waals surface area contributed by atoms with Gasteiger partial charge in [-0.2, -0.15) is 0 Å². The third-order valence-corrected chi connectivity index (χ3v) is 6.62. The van der Waals surface area contributed by atoms with Crippen LogP contribution in [-0.2, 0) is 38.1 Å². The molecule has 0 heterocycles. The Kier molecular flexibility index (Phi) is 19.2. The average Bonchev–Trinajstić information content (AvgIpc) is 3.06. The summed E-state index contributed by atoms with van der Waals surface area (Å²) in [6, 6.07) is 14.9. The second kappa shape index (κ2) is 23.6. The molecule has 0 N–H and O–H groups in total. The fraction of sp³-hybridized carbons (Fsp3) is 0.368. The van der Waals surface area contributed by atoms with Gasteiger partial charge < -0.3 is 18.9 Å². The number of unbranched alkanes of at least 4 members (excludes halogenated alkanes) is 7. The molecule has 0 saturated heterocycles. The molecule has 0 radical (unpaired) electrons. The molecule has 0 amide bonds. The third kappa shape index (κ3) is 18.2. The first-order valence-corrected chi connectivity index (χ1v) is 16.0. The van der Waals surface area contributed by atoms with Crippen LogP contribution >= 0.6 is 0 Å². The number of hydrogen-bond acceptors (Lipinski definition) is 8. The SMILES string of the molecule is CCOC(=O)/C=C/c1ccc(/C=C/C(=O)OCCCCCCCCCCOC(=O)/C=C/c2ccc(/C=C/C(=O)OCC)cc2)cc1. The Morgan fingerprint density at radius 2 is 0.652 bits per heavy atom. The number of carbonyl (C=O) groups is 4. The molecule has 0 aliphatic rings. The lowest BCUT2D eigenvalue weighted by molar-refractivity contribution is -0.138. The largest absolute Gasteiger partial charge is 0.463 e. The standard InChI is InChI=1S/C38H46O8/c1-3-43-35(39)25-21-31-13-17-33(18-14-31)23-27-37(41)45-29-11-9-7-5-6-8-10-12-30-46-38(42)28-24-34-19-15-32(16-20-34)22-26-36(40)44-4-2/h13-28H,3-12,29-30H2,1-2H3/b25-21+,26-22+,27-23+,28-24+. The molecule has 0 unspecified atom stereocenters. The van der Waals surface area contributed by atoms with Crippen LogP contribution < -0.4 is 0 Å². The lowest BCUT2D eigenvalue weighted by atomic mass is 10.1. The maximum atomic E-state index is 12.0. The molecule has 246 valence electrons. The van der Waals surface area contributed by atoms with Crippen LogP contribution in [0.5, 0.6) is 0 Å². The highest BCUT2D eigenvalue weighted by Crippen LogP contribution is 2.11. The summed E-state index contributed by atoms with van der Waals surface area (Å²) in [4.78, 5) is 46.7. The molecule has 0 aromatic heterocycles. The van der Waals surface area contributed by atoms with E-state index in [1.807, 2.05) is 48.5 Å². The van der Waals surface area contributed by atoms with Crippen molar-refractivity contribution in [2.75, 3.05) is 26.4 Å². The van der Waals surface area contributed by atoms with Crippen LogP contribution in [0, 0.1) is 0 Å². The Bertz CT molecular complexity index is 1210. The van der Waals surface area contributed by atoms with Gasteiger partial charge in [-0.25, -0.2) is 19.2 Å². The number of carbonyl (C=O) groups excluding carboxylic acids is 4. The zero-order chi connectivity index (χ0) is 33.2. The van der Waals surface area contributed by atoms with Crippen molar-refractivity contribution < 1.29 is 38.1 Å². The molecule has 8 nitrogen and oxygen atoms in total. The van der Waals surface area contributed by atoms with Crippen molar-refractivity contribution in [3.63, 3.8) is 0 Å². The molecule has 0 atom stereocenters. The molecular formula is C38H46O8. The highest BCUT2D eigenvalue weighted by Gasteiger charge is 2.01. The van der Waals surface area contributed by atoms with Crippen molar-refractivity contribution in [3.05, 3.63) is 95.1 Å². The number of esters is 4. The lowest BCUT2D eigenvalue weighted by Gasteiger charge is -2.04. The van der Waals surface area contributed by atoms with Gasteiger partial charge in [0.2, 0.25) is 0 Å². The van der Waals surface area contributed by atoms with E-state index in [0.717, 1.165) is 73.6 Å². The van der Waals surface area contributed by atoms with Crippen molar-refractivity contribution in [3.8, 4) is 0 Å². The van der Waals surface area contributed by atoms with Crippen LogP contribution in [0.3, 0.4) is 0 Å². The van der Waals surface area contributed by atoms with E-state index in [4.69, 9.17) is 18.9 Å². The Morgan fingerprint density at radius 1 is 0.413 bits per heavy atom. The first-order valence-electron chi connectivity index (χ1n) is 16.0. The number of rotatable bonds is 21. The summed E-state index contributed by atoms with van der Waals surface area (Å²) in [5, 5.41) is 0. The fourth-order valence-electron chi connectivity index (χ4n) is 4.18. The second-order valence-corrected chi connectivity index (χ2v) is 10.3. The highest BCUT2D eigenvalue weighted by molar-refractivity contribution is 5.89. The van der Waals surface area contributed by atoms with Crippen molar-refractivity contribution in [1.82, 2.24) is 0 Å². The molecule has 0 saturated carbocycles. The third-order valence-electron chi connectivity index (χ3n) is 6.62. The Morgan fingerprint density at radius 3 is 0.913 bits per heavy atom. The van der Waals surface area contributed by atoms with E-state index < -0.39 is 0 Å². The first kappa shape index (κ1) is 37.5. The summed E-state index contributed by atoms with van der Waals surface area (Å²) >= 11 is 0. The van der Waals surface area contributed by atoms with Crippen LogP contribution in [0.2, 0.25) is 0 Å². The predicted molar refractivity (Wildman–Crippen MR) is 181 cm³/mol. The molecular weight excluding hydrogens is 584 g/mol. The summed E-state index contributed by atoms with van der Waals surface area (Å²) in [5.74, 6) is -1.48. The smallest absolute Gasteiger partial charge is 0.330 e. The van der Waals surface area contributed by atoms with E-state index in [9.17, 15) is 19.2 Å². The Labute approximate surface area is 272 Å². The molecule has 2 aromatic rings. The van der Waals surface area contributed by atoms with Crippen LogP contribution in [0.25, 0.3) is 24.3 Å². The molecule has 0 bridgehead atoms. The summed E-state index contributed by atoms with van der Waals surface area (Å²) < 4.78 is 20.3. The Balaban J connectivity index is 1.45. The van der Waals surface area contributed by atoms with Crippen LogP contribution in [0.4, 0.5) is 0 Å². The fourth-order valence-corrected chi connectivity index (χ4v) is 4.18. The van der Waals surface area contributed by atoms with E-state index in [-0.39, 0.29) is 23.9 Å². The predicted octanol–water partition coefficient (Wildman–Crippen LogP) is 7.77. The van der Waals surface area contributed by atoms with Crippen LogP contribution in [-0.4, -0.2) is 50.3 Å². The van der Waals surface area contributed by atoms with Gasteiger partial charge in [0.15, 0.2) is 0 Å². The molecule has 8 heteroatoms. The summed E-state index contributed by atoms with van der Waals surface area (Å²) in [7, 11) is 0. The Hall–Kier alpha value is -4.72. The minimum Gasteiger partial charge on any atom is -0.463 e. The average molecular weight is 631 g/mol. The number of hydrogen-bond donors (Lipinski definition) is 0. The van der Waals surface area contributed by atoms with Gasteiger partial charge in [0.1, 0.15) is 0 Å². The normalized spacial score (nSPS) is 11.4. The van der Waals surface area contributed by atoms with Crippen LogP contribution in [0.15, 0.2) is 72.8 Å². The van der Waals surface area contributed by atoms with E-state index in [1.165, 1.54) is 24.3 Å².